The summed E-state index contributed by atoms with van der Waals surface area (Å²) in [5.41, 5.74) is 0. The van der Waals surface area contributed by atoms with Crippen LogP contribution in [-0.2, 0) is 19.6 Å². The van der Waals surface area contributed by atoms with Crippen LogP contribution in [0, 0.1) is 3.57 Å². The van der Waals surface area contributed by atoms with Crippen LogP contribution in [-0.4, -0.2) is 49.6 Å². The minimum absolute atomic E-state index is 0.0519. The fourth-order valence-electron chi connectivity index (χ4n) is 2.14. The van der Waals surface area contributed by atoms with Crippen LogP contribution in [0.4, 0.5) is 0 Å². The number of sulfonamides is 1. The number of esters is 1. The molecule has 1 aliphatic rings. The van der Waals surface area contributed by atoms with Crippen LogP contribution in [0.3, 0.4) is 0 Å². The zero-order valence-corrected chi connectivity index (χ0v) is 13.7. The van der Waals surface area contributed by atoms with E-state index in [1.165, 1.54) is 19.2 Å². The van der Waals surface area contributed by atoms with Crippen molar-refractivity contribution in [1.29, 1.82) is 0 Å². The third-order valence-corrected chi connectivity index (χ3v) is 5.74. The third-order valence-electron chi connectivity index (χ3n) is 3.13. The maximum absolute atomic E-state index is 12.5. The Labute approximate surface area is 130 Å². The summed E-state index contributed by atoms with van der Waals surface area (Å²) in [4.78, 5) is 11.8. The molecule has 20 heavy (non-hydrogen) atoms. The predicted molar refractivity (Wildman–Crippen MR) is 79.5 cm³/mol. The van der Waals surface area contributed by atoms with Crippen molar-refractivity contribution in [3.05, 3.63) is 27.8 Å². The number of aliphatic hydroxyl groups is 1. The first-order chi connectivity index (χ1) is 9.36. The van der Waals surface area contributed by atoms with Crippen LogP contribution >= 0.6 is 22.6 Å². The van der Waals surface area contributed by atoms with Crippen LogP contribution in [0.2, 0.25) is 0 Å². The van der Waals surface area contributed by atoms with Crippen LogP contribution in [0.15, 0.2) is 29.2 Å². The van der Waals surface area contributed by atoms with Crippen molar-refractivity contribution in [2.24, 2.45) is 0 Å². The van der Waals surface area contributed by atoms with E-state index in [1.807, 2.05) is 0 Å². The summed E-state index contributed by atoms with van der Waals surface area (Å²) in [5, 5.41) is 9.65. The van der Waals surface area contributed by atoms with Gasteiger partial charge in [0.15, 0.2) is 0 Å². The molecule has 110 valence electrons. The topological polar surface area (TPSA) is 83.9 Å². The first-order valence-electron chi connectivity index (χ1n) is 5.89. The van der Waals surface area contributed by atoms with Gasteiger partial charge in [-0.15, -0.1) is 0 Å². The van der Waals surface area contributed by atoms with Gasteiger partial charge >= 0.3 is 5.97 Å². The quantitative estimate of drug-likeness (QED) is 0.582. The summed E-state index contributed by atoms with van der Waals surface area (Å²) >= 11 is 2.07. The average molecular weight is 411 g/mol. The summed E-state index contributed by atoms with van der Waals surface area (Å²) in [6.07, 6.45) is -0.811. The molecule has 0 aliphatic carbocycles. The number of aliphatic hydroxyl groups excluding tert-OH is 1. The molecular formula is C12H14INO5S. The molecule has 0 bridgehead atoms. The van der Waals surface area contributed by atoms with E-state index in [4.69, 9.17) is 0 Å². The van der Waals surface area contributed by atoms with Gasteiger partial charge in [0, 0.05) is 16.5 Å². The Morgan fingerprint density at radius 3 is 2.55 bits per heavy atom. The van der Waals surface area contributed by atoms with Gasteiger partial charge in [-0.25, -0.2) is 8.42 Å². The number of benzene rings is 1. The summed E-state index contributed by atoms with van der Waals surface area (Å²) in [5.74, 6) is -0.657. The largest absolute Gasteiger partial charge is 0.468 e. The number of hydrogen-bond donors (Lipinski definition) is 1. The average Bonchev–Trinajstić information content (AvgIpc) is 2.81. The number of carbonyl (C=O) groups is 1. The van der Waals surface area contributed by atoms with Crippen LogP contribution < -0.4 is 0 Å². The zero-order chi connectivity index (χ0) is 14.9. The number of hydrogen-bond acceptors (Lipinski definition) is 5. The summed E-state index contributed by atoms with van der Waals surface area (Å²) in [6, 6.07) is 5.34. The van der Waals surface area contributed by atoms with Crippen molar-refractivity contribution in [2.75, 3.05) is 13.7 Å². The maximum Gasteiger partial charge on any atom is 0.324 e. The second-order valence-corrected chi connectivity index (χ2v) is 7.59. The summed E-state index contributed by atoms with van der Waals surface area (Å²) in [7, 11) is -2.63. The fraction of sp³-hybridized carbons (Fsp3) is 0.417. The zero-order valence-electron chi connectivity index (χ0n) is 10.7. The molecule has 1 saturated heterocycles. The molecular weight excluding hydrogens is 397 g/mol. The molecule has 1 aromatic rings. The molecule has 1 aromatic carbocycles. The highest BCUT2D eigenvalue weighted by molar-refractivity contribution is 14.1. The Morgan fingerprint density at radius 1 is 1.40 bits per heavy atom. The lowest BCUT2D eigenvalue weighted by Crippen LogP contribution is -2.41. The van der Waals surface area contributed by atoms with Crippen LogP contribution in [0.5, 0.6) is 0 Å². The number of rotatable bonds is 3. The van der Waals surface area contributed by atoms with Crippen molar-refractivity contribution in [1.82, 2.24) is 4.31 Å². The molecule has 1 aliphatic heterocycles. The van der Waals surface area contributed by atoms with Gasteiger partial charge in [-0.2, -0.15) is 4.31 Å². The Balaban J connectivity index is 2.37. The first-order valence-corrected chi connectivity index (χ1v) is 8.41. The highest BCUT2D eigenvalue weighted by Crippen LogP contribution is 2.27. The summed E-state index contributed by atoms with van der Waals surface area (Å²) in [6.45, 7) is -0.103. The lowest BCUT2D eigenvalue weighted by Gasteiger charge is -2.21. The van der Waals surface area contributed by atoms with Gasteiger partial charge in [0.05, 0.1) is 18.1 Å². The molecule has 0 radical (unpaired) electrons. The third kappa shape index (κ3) is 2.97. The molecule has 0 aromatic heterocycles. The molecule has 1 heterocycles. The van der Waals surface area contributed by atoms with Crippen molar-refractivity contribution in [3.8, 4) is 0 Å². The number of methoxy groups -OCH3 is 1. The van der Waals surface area contributed by atoms with Gasteiger partial charge < -0.3 is 9.84 Å². The van der Waals surface area contributed by atoms with Crippen molar-refractivity contribution < 1.29 is 23.1 Å². The van der Waals surface area contributed by atoms with Crippen LogP contribution in [0.25, 0.3) is 0 Å². The van der Waals surface area contributed by atoms with Gasteiger partial charge in [0.1, 0.15) is 6.04 Å². The van der Waals surface area contributed by atoms with E-state index in [9.17, 15) is 18.3 Å². The SMILES string of the molecule is COC(=O)C1CC(O)CN1S(=O)(=O)c1ccc(I)cc1. The molecule has 8 heteroatoms. The highest BCUT2D eigenvalue weighted by Gasteiger charge is 2.44. The Kier molecular flexibility index (Phi) is 4.67. The van der Waals surface area contributed by atoms with E-state index in [0.717, 1.165) is 7.88 Å². The molecule has 2 atom stereocenters. The normalized spacial score (nSPS) is 23.8. The number of nitrogens with zero attached hydrogens (tertiary/aromatic N) is 1. The molecule has 0 saturated carbocycles. The monoisotopic (exact) mass is 411 g/mol. The van der Waals surface area contributed by atoms with E-state index in [0.29, 0.717) is 0 Å². The van der Waals surface area contributed by atoms with Crippen molar-refractivity contribution >= 4 is 38.6 Å². The first kappa shape index (κ1) is 15.7. The van der Waals surface area contributed by atoms with Gasteiger partial charge in [0.25, 0.3) is 0 Å². The second kappa shape index (κ2) is 5.96. The Morgan fingerprint density at radius 2 is 2.00 bits per heavy atom. The smallest absolute Gasteiger partial charge is 0.324 e. The highest BCUT2D eigenvalue weighted by atomic mass is 127. The van der Waals surface area contributed by atoms with Gasteiger partial charge in [-0.05, 0) is 46.9 Å². The molecule has 0 spiro atoms. The predicted octanol–water partition coefficient (Wildman–Crippen LogP) is 0.588. The molecule has 2 unspecified atom stereocenters. The van der Waals surface area contributed by atoms with Gasteiger partial charge in [0.2, 0.25) is 10.0 Å². The number of carbonyl (C=O) groups excluding carboxylic acids is 1. The Hall–Kier alpha value is -0.710. The molecule has 6 nitrogen and oxygen atoms in total. The summed E-state index contributed by atoms with van der Waals surface area (Å²) < 4.78 is 31.6. The number of ether oxygens (including phenoxy) is 1. The standard InChI is InChI=1S/C12H14INO5S/c1-19-12(16)11-6-9(15)7-14(11)20(17,18)10-4-2-8(13)3-5-10/h2-5,9,11,15H,6-7H2,1H3. The Bertz CT molecular complexity index is 601. The van der Waals surface area contributed by atoms with E-state index < -0.39 is 28.1 Å². The van der Waals surface area contributed by atoms with Gasteiger partial charge in [-0.3, -0.25) is 4.79 Å². The molecule has 0 amide bonds. The van der Waals surface area contributed by atoms with E-state index >= 15 is 0 Å². The molecule has 1 N–H and O–H groups in total. The second-order valence-electron chi connectivity index (χ2n) is 4.46. The van der Waals surface area contributed by atoms with Crippen molar-refractivity contribution in [2.45, 2.75) is 23.5 Å². The number of β-amino-alcohol motifs (C(OH)–C–C–N with tert-alkyl or cyclic N) is 1. The minimum Gasteiger partial charge on any atom is -0.468 e. The van der Waals surface area contributed by atoms with Crippen molar-refractivity contribution in [3.63, 3.8) is 0 Å². The minimum atomic E-state index is -3.82. The lowest BCUT2D eigenvalue weighted by atomic mass is 10.2. The maximum atomic E-state index is 12.5. The van der Waals surface area contributed by atoms with E-state index in [-0.39, 0.29) is 17.9 Å². The van der Waals surface area contributed by atoms with E-state index in [1.54, 1.807) is 12.1 Å². The lowest BCUT2D eigenvalue weighted by molar-refractivity contribution is -0.144. The van der Waals surface area contributed by atoms with Crippen LogP contribution in [0.1, 0.15) is 6.42 Å². The van der Waals surface area contributed by atoms with E-state index in [2.05, 4.69) is 27.3 Å². The number of halogens is 1. The van der Waals surface area contributed by atoms with Gasteiger partial charge in [-0.1, -0.05) is 0 Å². The fourth-order valence-corrected chi connectivity index (χ4v) is 4.13. The molecule has 1 fully saturated rings. The molecule has 2 rings (SSSR count).